The van der Waals surface area contributed by atoms with E-state index >= 15 is 0 Å². The van der Waals surface area contributed by atoms with Gasteiger partial charge in [0.05, 0.1) is 12.3 Å². The van der Waals surface area contributed by atoms with Crippen LogP contribution in [0.15, 0.2) is 91.0 Å². The van der Waals surface area contributed by atoms with Gasteiger partial charge in [0.25, 0.3) is 0 Å². The minimum atomic E-state index is -1.68. The van der Waals surface area contributed by atoms with Crippen molar-refractivity contribution in [2.24, 2.45) is 0 Å². The van der Waals surface area contributed by atoms with E-state index in [9.17, 15) is 0 Å². The molecule has 2 unspecified atom stereocenters. The minimum absolute atomic E-state index is 0. The second kappa shape index (κ2) is 15.7. The van der Waals surface area contributed by atoms with Crippen LogP contribution in [0.5, 0.6) is 0 Å². The molecule has 1 fully saturated rings. The first-order valence-corrected chi connectivity index (χ1v) is 15.6. The van der Waals surface area contributed by atoms with Gasteiger partial charge in [0.15, 0.2) is 6.29 Å². The number of hydrogen-bond acceptors (Lipinski definition) is 2. The summed E-state index contributed by atoms with van der Waals surface area (Å²) >= 11 is 0. The Morgan fingerprint density at radius 3 is 1.72 bits per heavy atom. The van der Waals surface area contributed by atoms with E-state index in [0.717, 1.165) is 19.4 Å². The zero-order valence-corrected chi connectivity index (χ0v) is 24.2. The quantitative estimate of drug-likeness (QED) is 0.226. The molecule has 0 aromatic heterocycles. The Hall–Kier alpha value is -1.51. The fourth-order valence-electron chi connectivity index (χ4n) is 5.34. The van der Waals surface area contributed by atoms with Crippen LogP contribution in [0.1, 0.15) is 64.7 Å². The number of unbranched alkanes of at least 4 members (excludes halogenated alkanes) is 4. The largest absolute Gasteiger partial charge is 1.00 e. The van der Waals surface area contributed by atoms with E-state index in [4.69, 9.17) is 9.47 Å². The Kier molecular flexibility index (Phi) is 12.6. The van der Waals surface area contributed by atoms with Crippen molar-refractivity contribution in [2.75, 3.05) is 12.8 Å². The van der Waals surface area contributed by atoms with Crippen molar-refractivity contribution in [3.05, 3.63) is 91.0 Å². The van der Waals surface area contributed by atoms with Gasteiger partial charge >= 0.3 is 0 Å². The van der Waals surface area contributed by atoms with Crippen molar-refractivity contribution in [2.45, 2.75) is 77.1 Å². The van der Waals surface area contributed by atoms with Crippen molar-refractivity contribution >= 4 is 23.2 Å². The van der Waals surface area contributed by atoms with Crippen molar-refractivity contribution in [1.29, 1.82) is 0 Å². The lowest BCUT2D eigenvalue weighted by Crippen LogP contribution is -3.00. The average molecular weight is 570 g/mol. The zero-order valence-electron chi connectivity index (χ0n) is 21.7. The summed E-state index contributed by atoms with van der Waals surface area (Å²) < 4.78 is 11.8. The third kappa shape index (κ3) is 7.99. The van der Waals surface area contributed by atoms with Gasteiger partial charge in [0, 0.05) is 6.61 Å². The summed E-state index contributed by atoms with van der Waals surface area (Å²) in [6, 6.07) is 33.8. The van der Waals surface area contributed by atoms with Gasteiger partial charge < -0.3 is 26.5 Å². The van der Waals surface area contributed by atoms with Crippen LogP contribution in [0.3, 0.4) is 0 Å². The van der Waals surface area contributed by atoms with Crippen molar-refractivity contribution in [3.8, 4) is 0 Å². The summed E-state index contributed by atoms with van der Waals surface area (Å²) in [4.78, 5) is 0. The smallest absolute Gasteiger partial charge is 0.157 e. The Bertz CT molecular complexity index is 865. The molecule has 1 heterocycles. The van der Waals surface area contributed by atoms with Gasteiger partial charge in [-0.2, -0.15) is 0 Å². The van der Waals surface area contributed by atoms with E-state index < -0.39 is 7.26 Å². The summed E-state index contributed by atoms with van der Waals surface area (Å²) in [6.45, 7) is 3.06. The van der Waals surface area contributed by atoms with Gasteiger partial charge in [-0.15, -0.1) is 0 Å². The molecule has 0 amide bonds. The Balaban J connectivity index is 0.00000361. The predicted molar refractivity (Wildman–Crippen MR) is 152 cm³/mol. The highest BCUT2D eigenvalue weighted by Crippen LogP contribution is 2.56. The molecule has 3 aromatic carbocycles. The van der Waals surface area contributed by atoms with E-state index in [-0.39, 0.29) is 23.3 Å². The molecule has 1 aliphatic heterocycles. The lowest BCUT2D eigenvalue weighted by molar-refractivity contribution is -0.185. The second-order valence-corrected chi connectivity index (χ2v) is 13.5. The molecule has 1 saturated heterocycles. The van der Waals surface area contributed by atoms with Gasteiger partial charge in [0.1, 0.15) is 23.2 Å². The average Bonchev–Trinajstić information content (AvgIpc) is 2.92. The molecule has 0 bridgehead atoms. The first-order valence-electron chi connectivity index (χ1n) is 13.6. The number of ether oxygens (including phenoxy) is 2. The summed E-state index contributed by atoms with van der Waals surface area (Å²) in [5.41, 5.74) is 0. The maximum absolute atomic E-state index is 6.09. The van der Waals surface area contributed by atoms with Crippen molar-refractivity contribution in [1.82, 2.24) is 0 Å². The fourth-order valence-corrected chi connectivity index (χ4v) is 9.75. The standard InChI is InChI=1S/C32H42O2P.BrH/c1-28(34-32-25-15-16-26-33-32)18-8-3-2-4-17-27-35(29-19-9-5-10-20-29,30-21-11-6-12-22-30)31-23-13-7-14-24-31;/h5-7,9-14,19-24,28,32H,2-4,8,15-18,25-27H2,1H3;1H/q+1;/p-1. The van der Waals surface area contributed by atoms with Gasteiger partial charge in [-0.25, -0.2) is 0 Å². The fraction of sp³-hybridized carbons (Fsp3) is 0.438. The summed E-state index contributed by atoms with van der Waals surface area (Å²) in [7, 11) is -1.68. The molecule has 4 rings (SSSR count). The van der Waals surface area contributed by atoms with Crippen LogP contribution >= 0.6 is 7.26 Å². The number of halogens is 1. The van der Waals surface area contributed by atoms with Gasteiger partial charge in [-0.3, -0.25) is 0 Å². The normalized spacial score (nSPS) is 16.8. The summed E-state index contributed by atoms with van der Waals surface area (Å²) in [5, 5.41) is 4.48. The van der Waals surface area contributed by atoms with Crippen molar-refractivity contribution in [3.63, 3.8) is 0 Å². The number of benzene rings is 3. The van der Waals surface area contributed by atoms with Crippen LogP contribution in [-0.2, 0) is 9.47 Å². The molecule has 36 heavy (non-hydrogen) atoms. The molecule has 0 spiro atoms. The SMILES string of the molecule is CC(CCCCCCC[P+](c1ccccc1)(c1ccccc1)c1ccccc1)OC1CCCCO1.[Br-]. The second-order valence-electron chi connectivity index (χ2n) is 9.84. The Labute approximate surface area is 229 Å². The minimum Gasteiger partial charge on any atom is -1.00 e. The van der Waals surface area contributed by atoms with Crippen LogP contribution in [0.4, 0.5) is 0 Å². The van der Waals surface area contributed by atoms with Crippen LogP contribution < -0.4 is 32.9 Å². The topological polar surface area (TPSA) is 18.5 Å². The highest BCUT2D eigenvalue weighted by molar-refractivity contribution is 7.95. The monoisotopic (exact) mass is 568 g/mol. The van der Waals surface area contributed by atoms with Gasteiger partial charge in [-0.1, -0.05) is 73.9 Å². The van der Waals surface area contributed by atoms with Crippen LogP contribution in [0, 0.1) is 0 Å². The first-order chi connectivity index (χ1) is 17.3. The molecule has 194 valence electrons. The maximum atomic E-state index is 6.09. The summed E-state index contributed by atoms with van der Waals surface area (Å²) in [5.74, 6) is 0. The molecule has 3 aromatic rings. The van der Waals surface area contributed by atoms with Crippen LogP contribution in [0.25, 0.3) is 0 Å². The number of hydrogen-bond donors (Lipinski definition) is 0. The molecular formula is C32H42BrO2P. The lowest BCUT2D eigenvalue weighted by Gasteiger charge is -2.27. The Morgan fingerprint density at radius 1 is 0.722 bits per heavy atom. The zero-order chi connectivity index (χ0) is 24.2. The first kappa shape index (κ1) is 29.1. The van der Waals surface area contributed by atoms with Gasteiger partial charge in [0.2, 0.25) is 0 Å². The van der Waals surface area contributed by atoms with Crippen LogP contribution in [0.2, 0.25) is 0 Å². The Morgan fingerprint density at radius 2 is 1.22 bits per heavy atom. The molecule has 0 saturated carbocycles. The van der Waals surface area contributed by atoms with Crippen LogP contribution in [-0.4, -0.2) is 25.2 Å². The van der Waals surface area contributed by atoms with E-state index in [1.807, 2.05) is 0 Å². The molecule has 4 heteroatoms. The van der Waals surface area contributed by atoms with E-state index in [1.165, 1.54) is 67.0 Å². The molecule has 0 radical (unpaired) electrons. The maximum Gasteiger partial charge on any atom is 0.157 e. The molecule has 1 aliphatic rings. The van der Waals surface area contributed by atoms with E-state index in [0.29, 0.717) is 6.10 Å². The molecular weight excluding hydrogens is 527 g/mol. The summed E-state index contributed by atoms with van der Waals surface area (Å²) in [6.07, 6.45) is 12.5. The molecule has 2 nitrogen and oxygen atoms in total. The molecule has 0 N–H and O–H groups in total. The van der Waals surface area contributed by atoms with E-state index in [2.05, 4.69) is 97.9 Å². The molecule has 0 aliphatic carbocycles. The molecule has 2 atom stereocenters. The van der Waals surface area contributed by atoms with Gasteiger partial charge in [-0.05, 0) is 81.8 Å². The van der Waals surface area contributed by atoms with Crippen molar-refractivity contribution < 1.29 is 26.5 Å². The predicted octanol–water partition coefficient (Wildman–Crippen LogP) is 4.26. The van der Waals surface area contributed by atoms with E-state index in [1.54, 1.807) is 0 Å². The third-order valence-corrected chi connectivity index (χ3v) is 11.7. The highest BCUT2D eigenvalue weighted by atomic mass is 79.9. The third-order valence-electron chi connectivity index (χ3n) is 7.22. The number of rotatable bonds is 13. The highest BCUT2D eigenvalue weighted by Gasteiger charge is 2.44. The lowest BCUT2D eigenvalue weighted by atomic mass is 10.1.